The van der Waals surface area contributed by atoms with Crippen LogP contribution in [0.4, 0.5) is 11.4 Å². The Hall–Kier alpha value is -3.26. The molecule has 8 heteroatoms. The van der Waals surface area contributed by atoms with E-state index >= 15 is 0 Å². The summed E-state index contributed by atoms with van der Waals surface area (Å²) in [5, 5.41) is 14.1. The summed E-state index contributed by atoms with van der Waals surface area (Å²) in [4.78, 5) is 34.2. The zero-order chi connectivity index (χ0) is 17.3. The molecule has 0 radical (unpaired) electrons. The molecule has 3 N–H and O–H groups in total. The van der Waals surface area contributed by atoms with Crippen molar-refractivity contribution < 1.29 is 14.5 Å². The van der Waals surface area contributed by atoms with Gasteiger partial charge in [-0.1, -0.05) is 6.07 Å². The Morgan fingerprint density at radius 3 is 2.62 bits per heavy atom. The van der Waals surface area contributed by atoms with Crippen molar-refractivity contribution in [1.82, 2.24) is 0 Å². The number of nitrogens with one attached hydrogen (secondary N) is 1. The number of benzene rings is 2. The van der Waals surface area contributed by atoms with E-state index in [-0.39, 0.29) is 11.6 Å². The number of anilines is 1. The quantitative estimate of drug-likeness (QED) is 0.560. The number of amides is 2. The minimum absolute atomic E-state index is 0.0265. The minimum Gasteiger partial charge on any atom is -0.366 e. The molecular weight excluding hydrogens is 330 g/mol. The van der Waals surface area contributed by atoms with Crippen LogP contribution < -0.4 is 11.1 Å². The Bertz CT molecular complexity index is 980. The third kappa shape index (κ3) is 3.08. The molecule has 0 aliphatic heterocycles. The van der Waals surface area contributed by atoms with Gasteiger partial charge in [-0.3, -0.25) is 19.7 Å². The van der Waals surface area contributed by atoms with Gasteiger partial charge in [0.2, 0.25) is 5.91 Å². The number of hydrogen-bond donors (Lipinski definition) is 2. The number of fused-ring (bicyclic) bond motifs is 1. The maximum absolute atomic E-state index is 12.3. The number of non-ortho nitro benzene ring substituents is 1. The third-order valence-corrected chi connectivity index (χ3v) is 4.45. The van der Waals surface area contributed by atoms with Gasteiger partial charge in [0.05, 0.1) is 9.80 Å². The highest BCUT2D eigenvalue weighted by atomic mass is 32.1. The van der Waals surface area contributed by atoms with Crippen LogP contribution >= 0.6 is 11.3 Å². The molecule has 0 atom stereocenters. The average molecular weight is 341 g/mol. The lowest BCUT2D eigenvalue weighted by atomic mass is 10.2. The van der Waals surface area contributed by atoms with Crippen molar-refractivity contribution in [2.75, 3.05) is 5.32 Å². The standard InChI is InChI=1S/C16H11N3O4S/c17-15(20)9-2-1-3-11(6-9)18-16(21)14-8-10-7-12(19(22)23)4-5-13(10)24-14/h1-8H,(H2,17,20)(H,18,21). The van der Waals surface area contributed by atoms with Gasteiger partial charge in [-0.05, 0) is 30.3 Å². The summed E-state index contributed by atoms with van der Waals surface area (Å²) in [6, 6.07) is 12.3. The molecule has 0 saturated carbocycles. The van der Waals surface area contributed by atoms with Crippen LogP contribution in [0.3, 0.4) is 0 Å². The Morgan fingerprint density at radius 2 is 1.92 bits per heavy atom. The first-order valence-corrected chi connectivity index (χ1v) is 7.65. The molecule has 0 aliphatic carbocycles. The Labute approximate surface area is 139 Å². The van der Waals surface area contributed by atoms with Gasteiger partial charge in [0, 0.05) is 33.5 Å². The van der Waals surface area contributed by atoms with Crippen molar-refractivity contribution in [3.05, 3.63) is 69.1 Å². The molecule has 3 aromatic rings. The maximum Gasteiger partial charge on any atom is 0.270 e. The zero-order valence-corrected chi connectivity index (χ0v) is 13.0. The van der Waals surface area contributed by atoms with E-state index in [9.17, 15) is 19.7 Å². The van der Waals surface area contributed by atoms with Crippen LogP contribution in [0.15, 0.2) is 48.5 Å². The van der Waals surface area contributed by atoms with Gasteiger partial charge in [-0.2, -0.15) is 0 Å². The van der Waals surface area contributed by atoms with Crippen molar-refractivity contribution in [1.29, 1.82) is 0 Å². The van der Waals surface area contributed by atoms with Gasteiger partial charge in [0.1, 0.15) is 0 Å². The molecule has 1 heterocycles. The molecule has 2 amide bonds. The van der Waals surface area contributed by atoms with E-state index in [1.165, 1.54) is 29.5 Å². The average Bonchev–Trinajstić information content (AvgIpc) is 2.98. The number of hydrogen-bond acceptors (Lipinski definition) is 5. The highest BCUT2D eigenvalue weighted by Gasteiger charge is 2.14. The van der Waals surface area contributed by atoms with Crippen molar-refractivity contribution in [2.45, 2.75) is 0 Å². The summed E-state index contributed by atoms with van der Waals surface area (Å²) in [6.07, 6.45) is 0. The predicted molar refractivity (Wildman–Crippen MR) is 91.4 cm³/mol. The second-order valence-electron chi connectivity index (χ2n) is 4.99. The number of nitrogens with zero attached hydrogens (tertiary/aromatic N) is 1. The van der Waals surface area contributed by atoms with Crippen LogP contribution in [0, 0.1) is 10.1 Å². The van der Waals surface area contributed by atoms with E-state index < -0.39 is 10.8 Å². The number of nitrogens with two attached hydrogens (primary N) is 1. The summed E-state index contributed by atoms with van der Waals surface area (Å²) in [7, 11) is 0. The molecule has 0 saturated heterocycles. The van der Waals surface area contributed by atoms with Crippen LogP contribution in [0.25, 0.3) is 10.1 Å². The summed E-state index contributed by atoms with van der Waals surface area (Å²) in [5.74, 6) is -0.944. The van der Waals surface area contributed by atoms with E-state index in [1.54, 1.807) is 30.3 Å². The second kappa shape index (κ2) is 6.09. The Kier molecular flexibility index (Phi) is 3.97. The van der Waals surface area contributed by atoms with Crippen LogP contribution in [0.1, 0.15) is 20.0 Å². The van der Waals surface area contributed by atoms with Crippen LogP contribution in [0.2, 0.25) is 0 Å². The SMILES string of the molecule is NC(=O)c1cccc(NC(=O)c2cc3cc([N+](=O)[O-])ccc3s2)c1. The fourth-order valence-electron chi connectivity index (χ4n) is 2.20. The lowest BCUT2D eigenvalue weighted by Gasteiger charge is -2.04. The van der Waals surface area contributed by atoms with Gasteiger partial charge in [0.15, 0.2) is 0 Å². The van der Waals surface area contributed by atoms with Gasteiger partial charge >= 0.3 is 0 Å². The molecule has 0 aliphatic rings. The molecule has 2 aromatic carbocycles. The molecule has 120 valence electrons. The lowest BCUT2D eigenvalue weighted by Crippen LogP contribution is -2.13. The monoisotopic (exact) mass is 341 g/mol. The van der Waals surface area contributed by atoms with E-state index in [0.717, 1.165) is 4.70 Å². The van der Waals surface area contributed by atoms with E-state index in [0.29, 0.717) is 21.5 Å². The molecule has 24 heavy (non-hydrogen) atoms. The van der Waals surface area contributed by atoms with E-state index in [4.69, 9.17) is 5.73 Å². The summed E-state index contributed by atoms with van der Waals surface area (Å²) >= 11 is 1.23. The number of thiophene rings is 1. The first kappa shape index (κ1) is 15.6. The number of nitro groups is 1. The zero-order valence-electron chi connectivity index (χ0n) is 12.2. The highest BCUT2D eigenvalue weighted by molar-refractivity contribution is 7.20. The number of primary amides is 1. The van der Waals surface area contributed by atoms with Crippen molar-refractivity contribution in [2.24, 2.45) is 5.73 Å². The number of carbonyl (C=O) groups excluding carboxylic acids is 2. The van der Waals surface area contributed by atoms with Crippen molar-refractivity contribution in [3.63, 3.8) is 0 Å². The van der Waals surface area contributed by atoms with Gasteiger partial charge < -0.3 is 11.1 Å². The van der Waals surface area contributed by atoms with Crippen LogP contribution in [0.5, 0.6) is 0 Å². The lowest BCUT2D eigenvalue weighted by molar-refractivity contribution is -0.384. The van der Waals surface area contributed by atoms with Crippen LogP contribution in [-0.2, 0) is 0 Å². The summed E-state index contributed by atoms with van der Waals surface area (Å²) in [6.45, 7) is 0. The van der Waals surface area contributed by atoms with Crippen LogP contribution in [-0.4, -0.2) is 16.7 Å². The highest BCUT2D eigenvalue weighted by Crippen LogP contribution is 2.29. The van der Waals surface area contributed by atoms with E-state index in [1.807, 2.05) is 0 Å². The minimum atomic E-state index is -0.583. The first-order valence-electron chi connectivity index (χ1n) is 6.83. The van der Waals surface area contributed by atoms with E-state index in [2.05, 4.69) is 5.32 Å². The molecule has 0 fully saturated rings. The molecule has 3 rings (SSSR count). The topological polar surface area (TPSA) is 115 Å². The fourth-order valence-corrected chi connectivity index (χ4v) is 3.14. The maximum atomic E-state index is 12.3. The molecular formula is C16H11N3O4S. The number of rotatable bonds is 4. The predicted octanol–water partition coefficient (Wildman–Crippen LogP) is 3.16. The smallest absolute Gasteiger partial charge is 0.270 e. The Balaban J connectivity index is 1.87. The van der Waals surface area contributed by atoms with Gasteiger partial charge in [-0.25, -0.2) is 0 Å². The fraction of sp³-hybridized carbons (Fsp3) is 0. The molecule has 0 bridgehead atoms. The Morgan fingerprint density at radius 1 is 1.12 bits per heavy atom. The van der Waals surface area contributed by atoms with Crippen molar-refractivity contribution >= 4 is 44.6 Å². The molecule has 7 nitrogen and oxygen atoms in total. The molecule has 1 aromatic heterocycles. The summed E-state index contributed by atoms with van der Waals surface area (Å²) in [5.41, 5.74) is 5.92. The number of nitro benzene ring substituents is 1. The third-order valence-electron chi connectivity index (χ3n) is 3.34. The normalized spacial score (nSPS) is 10.5. The molecule has 0 spiro atoms. The summed E-state index contributed by atoms with van der Waals surface area (Å²) < 4.78 is 0.775. The van der Waals surface area contributed by atoms with Crippen molar-refractivity contribution in [3.8, 4) is 0 Å². The largest absolute Gasteiger partial charge is 0.366 e. The second-order valence-corrected chi connectivity index (χ2v) is 6.07. The number of carbonyl (C=O) groups is 2. The van der Waals surface area contributed by atoms with Gasteiger partial charge in [-0.15, -0.1) is 11.3 Å². The first-order chi connectivity index (χ1) is 11.4. The molecule has 0 unspecified atom stereocenters. The van der Waals surface area contributed by atoms with Gasteiger partial charge in [0.25, 0.3) is 11.6 Å².